The topological polar surface area (TPSA) is 88.6 Å². The summed E-state index contributed by atoms with van der Waals surface area (Å²) in [6, 6.07) is 5.61. The molecule has 0 bridgehead atoms. The molecule has 3 heterocycles. The van der Waals surface area contributed by atoms with Gasteiger partial charge in [0, 0.05) is 41.5 Å². The number of halogens is 1. The second-order valence-electron chi connectivity index (χ2n) is 9.10. The summed E-state index contributed by atoms with van der Waals surface area (Å²) in [6.45, 7) is 3.74. The normalized spacial score (nSPS) is 19.6. The van der Waals surface area contributed by atoms with Gasteiger partial charge in [0.2, 0.25) is 5.91 Å². The minimum Gasteiger partial charge on any atom is -0.339 e. The van der Waals surface area contributed by atoms with E-state index in [0.717, 1.165) is 49.9 Å². The summed E-state index contributed by atoms with van der Waals surface area (Å²) < 4.78 is 0. The van der Waals surface area contributed by atoms with Gasteiger partial charge in [-0.2, -0.15) is 15.0 Å². The van der Waals surface area contributed by atoms with E-state index in [-0.39, 0.29) is 5.91 Å². The first-order valence-electron chi connectivity index (χ1n) is 11.7. The molecule has 1 aromatic heterocycles. The Morgan fingerprint density at radius 3 is 2.39 bits per heavy atom. The lowest BCUT2D eigenvalue weighted by Crippen LogP contribution is -2.39. The third kappa shape index (κ3) is 5.38. The molecule has 5 rings (SSSR count). The lowest BCUT2D eigenvalue weighted by molar-refractivity contribution is -0.127. The molecule has 0 atom stereocenters. The van der Waals surface area contributed by atoms with Crippen molar-refractivity contribution in [2.45, 2.75) is 52.0 Å². The number of aryl methyl sites for hydroxylation is 1. The number of amides is 1. The number of tetrazole rings is 1. The van der Waals surface area contributed by atoms with Crippen molar-refractivity contribution in [1.29, 1.82) is 0 Å². The molecule has 0 unspecified atom stereocenters. The van der Waals surface area contributed by atoms with Crippen molar-refractivity contribution in [1.82, 2.24) is 25.1 Å². The third-order valence-electron chi connectivity index (χ3n) is 6.65. The first-order valence-corrected chi connectivity index (χ1v) is 12.1. The number of rotatable bonds is 6. The molecule has 2 aromatic rings. The van der Waals surface area contributed by atoms with Gasteiger partial charge in [-0.25, -0.2) is 0 Å². The van der Waals surface area contributed by atoms with Crippen molar-refractivity contribution in [3.8, 4) is 0 Å². The van der Waals surface area contributed by atoms with Gasteiger partial charge in [0.05, 0.1) is 6.54 Å². The lowest BCUT2D eigenvalue weighted by atomic mass is 9.88. The number of aromatic nitrogens is 4. The van der Waals surface area contributed by atoms with E-state index in [1.807, 2.05) is 29.2 Å². The number of carbonyl (C=O) groups is 1. The fourth-order valence-electron chi connectivity index (χ4n) is 4.59. The molecule has 1 aromatic carbocycles. The van der Waals surface area contributed by atoms with Crippen LogP contribution in [0, 0.1) is 18.8 Å². The van der Waals surface area contributed by atoms with Gasteiger partial charge in [-0.05, 0) is 85.9 Å². The maximum atomic E-state index is 12.8. The van der Waals surface area contributed by atoms with Crippen LogP contribution in [-0.2, 0) is 11.3 Å². The van der Waals surface area contributed by atoms with E-state index < -0.39 is 0 Å². The van der Waals surface area contributed by atoms with E-state index in [0.29, 0.717) is 29.2 Å². The molecule has 3 aliphatic rings. The number of benzene rings is 1. The predicted molar refractivity (Wildman–Crippen MR) is 128 cm³/mol. The van der Waals surface area contributed by atoms with Crippen LogP contribution >= 0.6 is 11.6 Å². The zero-order chi connectivity index (χ0) is 22.8. The molecule has 2 fully saturated rings. The van der Waals surface area contributed by atoms with E-state index in [1.165, 1.54) is 29.1 Å². The molecule has 1 saturated carbocycles. The van der Waals surface area contributed by atoms with Crippen LogP contribution in [0.1, 0.15) is 55.5 Å². The van der Waals surface area contributed by atoms with Crippen LogP contribution < -0.4 is 0 Å². The van der Waals surface area contributed by atoms with Crippen LogP contribution in [0.15, 0.2) is 34.5 Å². The van der Waals surface area contributed by atoms with Crippen molar-refractivity contribution >= 4 is 35.0 Å². The SMILES string of the molecule is Cc1nnn(Cc2cc(Cl)ccc2C=CC(=O)N2CCC(C3=NN=C(C4CC4)CC3)CC2)n1. The van der Waals surface area contributed by atoms with Crippen LogP contribution in [-0.4, -0.2) is 55.5 Å². The maximum absolute atomic E-state index is 12.8. The average molecular weight is 466 g/mol. The molecule has 0 radical (unpaired) electrons. The first kappa shape index (κ1) is 21.9. The Morgan fingerprint density at radius 2 is 1.79 bits per heavy atom. The molecule has 33 heavy (non-hydrogen) atoms. The molecule has 1 saturated heterocycles. The molecule has 0 N–H and O–H groups in total. The summed E-state index contributed by atoms with van der Waals surface area (Å²) in [5.41, 5.74) is 4.38. The zero-order valence-corrected chi connectivity index (χ0v) is 19.6. The van der Waals surface area contributed by atoms with Gasteiger partial charge >= 0.3 is 0 Å². The highest BCUT2D eigenvalue weighted by Crippen LogP contribution is 2.34. The fourth-order valence-corrected chi connectivity index (χ4v) is 4.78. The summed E-state index contributed by atoms with van der Waals surface area (Å²) in [5, 5.41) is 21.9. The number of hydrogen-bond acceptors (Lipinski definition) is 6. The standard InChI is InChI=1S/C24H28ClN7O/c1-16-26-30-32(29-16)15-20-14-21(25)6-4-17(20)5-9-24(33)31-12-10-19(11-13-31)23-8-7-22(27-28-23)18-2-3-18/h4-6,9,14,18-19H,2-3,7-8,10-13,15H2,1H3. The second-order valence-corrected chi connectivity index (χ2v) is 9.54. The highest BCUT2D eigenvalue weighted by atomic mass is 35.5. The Balaban J connectivity index is 1.19. The Bertz CT molecular complexity index is 1120. The van der Waals surface area contributed by atoms with Crippen LogP contribution in [0.5, 0.6) is 0 Å². The minimum atomic E-state index is 0.0312. The average Bonchev–Trinajstić information content (AvgIpc) is 3.60. The summed E-state index contributed by atoms with van der Waals surface area (Å²) in [6.07, 6.45) is 10.1. The van der Waals surface area contributed by atoms with Crippen molar-refractivity contribution in [3.05, 3.63) is 46.2 Å². The fraction of sp³-hybridized carbons (Fsp3) is 0.500. The molecule has 9 heteroatoms. The molecule has 8 nitrogen and oxygen atoms in total. The first-order chi connectivity index (χ1) is 16.0. The molecular formula is C24H28ClN7O. The van der Waals surface area contributed by atoms with Gasteiger partial charge in [0.1, 0.15) is 0 Å². The van der Waals surface area contributed by atoms with Crippen molar-refractivity contribution < 1.29 is 4.79 Å². The van der Waals surface area contributed by atoms with Gasteiger partial charge < -0.3 is 4.90 Å². The summed E-state index contributed by atoms with van der Waals surface area (Å²) in [5.74, 6) is 1.80. The molecular weight excluding hydrogens is 438 g/mol. The molecule has 0 spiro atoms. The predicted octanol–water partition coefficient (Wildman–Crippen LogP) is 3.94. The minimum absolute atomic E-state index is 0.0312. The van der Waals surface area contributed by atoms with E-state index in [4.69, 9.17) is 11.6 Å². The summed E-state index contributed by atoms with van der Waals surface area (Å²) in [7, 11) is 0. The van der Waals surface area contributed by atoms with Gasteiger partial charge in [0.25, 0.3) is 0 Å². The molecule has 172 valence electrons. The van der Waals surface area contributed by atoms with E-state index in [2.05, 4.69) is 25.6 Å². The largest absolute Gasteiger partial charge is 0.339 e. The number of nitrogens with zero attached hydrogens (tertiary/aromatic N) is 7. The van der Waals surface area contributed by atoms with Crippen LogP contribution in [0.2, 0.25) is 5.02 Å². The van der Waals surface area contributed by atoms with Gasteiger partial charge in [-0.3, -0.25) is 4.79 Å². The van der Waals surface area contributed by atoms with Gasteiger partial charge in [-0.1, -0.05) is 17.7 Å². The maximum Gasteiger partial charge on any atom is 0.246 e. The molecule has 1 amide bonds. The van der Waals surface area contributed by atoms with Crippen LogP contribution in [0.3, 0.4) is 0 Å². The molecule has 2 aliphatic heterocycles. The smallest absolute Gasteiger partial charge is 0.246 e. The number of hydrogen-bond donors (Lipinski definition) is 0. The number of carbonyl (C=O) groups excluding carboxylic acids is 1. The summed E-state index contributed by atoms with van der Waals surface area (Å²) >= 11 is 6.19. The van der Waals surface area contributed by atoms with E-state index >= 15 is 0 Å². The van der Waals surface area contributed by atoms with E-state index in [9.17, 15) is 4.79 Å². The Hall–Kier alpha value is -2.87. The van der Waals surface area contributed by atoms with E-state index in [1.54, 1.807) is 13.0 Å². The third-order valence-corrected chi connectivity index (χ3v) is 6.88. The van der Waals surface area contributed by atoms with Crippen LogP contribution in [0.4, 0.5) is 0 Å². The van der Waals surface area contributed by atoms with Gasteiger partial charge in [-0.15, -0.1) is 10.2 Å². The van der Waals surface area contributed by atoms with Gasteiger partial charge in [0.15, 0.2) is 5.82 Å². The van der Waals surface area contributed by atoms with Crippen molar-refractivity contribution in [3.63, 3.8) is 0 Å². The number of likely N-dealkylation sites (tertiary alicyclic amines) is 1. The van der Waals surface area contributed by atoms with Crippen molar-refractivity contribution in [2.75, 3.05) is 13.1 Å². The quantitative estimate of drug-likeness (QED) is 0.604. The van der Waals surface area contributed by atoms with Crippen molar-refractivity contribution in [2.24, 2.45) is 22.0 Å². The molecule has 1 aliphatic carbocycles. The Labute approximate surface area is 198 Å². The zero-order valence-electron chi connectivity index (χ0n) is 18.8. The highest BCUT2D eigenvalue weighted by molar-refractivity contribution is 6.30. The highest BCUT2D eigenvalue weighted by Gasteiger charge is 2.31. The monoisotopic (exact) mass is 465 g/mol. The second kappa shape index (κ2) is 9.55. The number of piperidine rings is 1. The summed E-state index contributed by atoms with van der Waals surface area (Å²) in [4.78, 5) is 16.3. The lowest BCUT2D eigenvalue weighted by Gasteiger charge is -2.32. The Kier molecular flexibility index (Phi) is 6.35. The Morgan fingerprint density at radius 1 is 1.09 bits per heavy atom. The van der Waals surface area contributed by atoms with Crippen LogP contribution in [0.25, 0.3) is 6.08 Å².